The van der Waals surface area contributed by atoms with Crippen LogP contribution in [-0.2, 0) is 16.0 Å². The lowest BCUT2D eigenvalue weighted by atomic mass is 9.81. The van der Waals surface area contributed by atoms with E-state index in [1.165, 1.54) is 0 Å². The lowest BCUT2D eigenvalue weighted by Crippen LogP contribution is -2.49. The maximum Gasteiger partial charge on any atom is 0.254 e. The minimum atomic E-state index is -1.16. The van der Waals surface area contributed by atoms with Gasteiger partial charge in [0.25, 0.3) is 5.91 Å². The molecule has 1 aliphatic rings. The van der Waals surface area contributed by atoms with Crippen LogP contribution < -0.4 is 4.74 Å². The predicted molar refractivity (Wildman–Crippen MR) is 140 cm³/mol. The highest BCUT2D eigenvalue weighted by Gasteiger charge is 2.53. The Bertz CT molecular complexity index is 1160. The number of amides is 1. The number of carbonyl (C=O) groups is 1. The molecule has 0 radical (unpaired) electrons. The maximum absolute atomic E-state index is 13.8. The Morgan fingerprint density at radius 2 is 1.74 bits per heavy atom. The van der Waals surface area contributed by atoms with Crippen LogP contribution in [-0.4, -0.2) is 54.7 Å². The van der Waals surface area contributed by atoms with E-state index in [1.54, 1.807) is 19.0 Å². The molecule has 0 saturated heterocycles. The molecule has 0 spiro atoms. The van der Waals surface area contributed by atoms with Crippen molar-refractivity contribution in [3.63, 3.8) is 0 Å². The van der Waals surface area contributed by atoms with Crippen molar-refractivity contribution in [2.75, 3.05) is 27.3 Å². The Labute approximate surface area is 214 Å². The van der Waals surface area contributed by atoms with Crippen molar-refractivity contribution < 1.29 is 19.4 Å². The number of halogens is 1. The van der Waals surface area contributed by atoms with Crippen LogP contribution in [0.1, 0.15) is 29.2 Å². The molecule has 1 amide bonds. The Morgan fingerprint density at radius 3 is 2.37 bits per heavy atom. The first-order valence-corrected chi connectivity index (χ1v) is 12.3. The normalized spacial score (nSPS) is 19.1. The molecule has 7 heteroatoms. The molecule has 3 aromatic carbocycles. The number of benzene rings is 3. The molecule has 1 heterocycles. The predicted octanol–water partition coefficient (Wildman–Crippen LogP) is 4.80. The second-order valence-corrected chi connectivity index (χ2v) is 9.62. The Balaban J connectivity index is 1.76. The largest absolute Gasteiger partial charge is 0.494 e. The molecule has 0 bridgehead atoms. The fraction of sp³-hybridized carbons (Fsp3) is 0.286. The lowest BCUT2D eigenvalue weighted by Gasteiger charge is -2.33. The van der Waals surface area contributed by atoms with Gasteiger partial charge in [-0.05, 0) is 47.5 Å². The molecule has 4 rings (SSSR count). The molecule has 35 heavy (non-hydrogen) atoms. The van der Waals surface area contributed by atoms with Gasteiger partial charge in [0.05, 0.1) is 6.61 Å². The van der Waals surface area contributed by atoms with Gasteiger partial charge in [0.1, 0.15) is 5.75 Å². The number of hydrogen-bond acceptors (Lipinski definition) is 5. The Kier molecular flexibility index (Phi) is 7.88. The molecule has 1 N–H and O–H groups in total. The molecule has 182 valence electrons. The Morgan fingerprint density at radius 1 is 1.06 bits per heavy atom. The summed E-state index contributed by atoms with van der Waals surface area (Å²) in [6.07, 6.45) is 0.377. The summed E-state index contributed by atoms with van der Waals surface area (Å²) < 4.78 is 13.1. The van der Waals surface area contributed by atoms with Crippen LogP contribution in [0.3, 0.4) is 0 Å². The maximum atomic E-state index is 13.8. The van der Waals surface area contributed by atoms with Gasteiger partial charge in [0, 0.05) is 43.6 Å². The van der Waals surface area contributed by atoms with Crippen molar-refractivity contribution in [1.82, 2.24) is 4.90 Å². The van der Waals surface area contributed by atoms with Gasteiger partial charge in [0.2, 0.25) is 5.90 Å². The molecule has 0 aromatic heterocycles. The second kappa shape index (κ2) is 11.1. The quantitative estimate of drug-likeness (QED) is 0.399. The molecule has 1 aliphatic heterocycles. The number of hydrogen-bond donors (Lipinski definition) is 1. The lowest BCUT2D eigenvalue weighted by molar-refractivity contribution is -0.137. The van der Waals surface area contributed by atoms with Gasteiger partial charge in [-0.2, -0.15) is 0 Å². The van der Waals surface area contributed by atoms with Crippen LogP contribution in [0.4, 0.5) is 0 Å². The first-order valence-electron chi connectivity index (χ1n) is 11.5. The smallest absolute Gasteiger partial charge is 0.254 e. The van der Waals surface area contributed by atoms with Crippen molar-refractivity contribution in [2.45, 2.75) is 24.5 Å². The van der Waals surface area contributed by atoms with Crippen molar-refractivity contribution in [2.24, 2.45) is 4.99 Å². The summed E-state index contributed by atoms with van der Waals surface area (Å²) in [5.74, 6) is 1.01. The highest BCUT2D eigenvalue weighted by molar-refractivity contribution is 9.10. The number of aliphatic hydroxyl groups is 1. The Hall–Kier alpha value is -3.16. The van der Waals surface area contributed by atoms with E-state index in [9.17, 15) is 4.79 Å². The van der Waals surface area contributed by atoms with Crippen LogP contribution >= 0.6 is 15.9 Å². The number of ether oxygens (including phenoxy) is 2. The van der Waals surface area contributed by atoms with E-state index in [2.05, 4.69) is 15.9 Å². The standard InChI is InChI=1S/C28H29BrN2O4/c1-31(2)27(33)28(19-20-9-13-23(29)14-10-20)25(21-7-4-3-5-8-21)35-26(30-28)22-11-15-24(16-12-22)34-18-6-17-32/h3-5,7-16,25,32H,6,17-19H2,1-2H3/t25-,28-/m1/s1. The number of aliphatic imine (C=N–C) groups is 1. The van der Waals surface area contributed by atoms with Gasteiger partial charge < -0.3 is 19.5 Å². The SMILES string of the molecule is CN(C)C(=O)[C@]1(Cc2ccc(Br)cc2)N=C(c2ccc(OCCCO)cc2)O[C@@H]1c1ccccc1. The van der Waals surface area contributed by atoms with Gasteiger partial charge in [-0.1, -0.05) is 58.4 Å². The monoisotopic (exact) mass is 536 g/mol. The van der Waals surface area contributed by atoms with Crippen LogP contribution in [0.2, 0.25) is 0 Å². The third-order valence-corrected chi connectivity index (χ3v) is 6.43. The molecular weight excluding hydrogens is 508 g/mol. The summed E-state index contributed by atoms with van der Waals surface area (Å²) in [4.78, 5) is 20.4. The van der Waals surface area contributed by atoms with Crippen molar-refractivity contribution in [3.05, 3.63) is 100 Å². The van der Waals surface area contributed by atoms with E-state index in [0.29, 0.717) is 31.1 Å². The fourth-order valence-electron chi connectivity index (χ4n) is 4.20. The number of rotatable bonds is 9. The number of likely N-dealkylation sites (N-methyl/N-ethyl adjacent to an activating group) is 1. The van der Waals surface area contributed by atoms with E-state index in [-0.39, 0.29) is 12.5 Å². The number of nitrogens with zero attached hydrogens (tertiary/aromatic N) is 2. The third-order valence-electron chi connectivity index (χ3n) is 5.90. The van der Waals surface area contributed by atoms with Crippen molar-refractivity contribution in [1.29, 1.82) is 0 Å². The highest BCUT2D eigenvalue weighted by Crippen LogP contribution is 2.43. The zero-order valence-corrected chi connectivity index (χ0v) is 21.4. The molecule has 3 aromatic rings. The summed E-state index contributed by atoms with van der Waals surface area (Å²) in [5.41, 5.74) is 1.49. The summed E-state index contributed by atoms with van der Waals surface area (Å²) in [5, 5.41) is 8.96. The zero-order chi connectivity index (χ0) is 24.8. The van der Waals surface area contributed by atoms with E-state index in [4.69, 9.17) is 19.6 Å². The zero-order valence-electron chi connectivity index (χ0n) is 19.9. The summed E-state index contributed by atoms with van der Waals surface area (Å²) in [7, 11) is 3.50. The van der Waals surface area contributed by atoms with E-state index in [0.717, 1.165) is 21.2 Å². The van der Waals surface area contributed by atoms with Crippen LogP contribution in [0.25, 0.3) is 0 Å². The van der Waals surface area contributed by atoms with E-state index < -0.39 is 11.6 Å². The summed E-state index contributed by atoms with van der Waals surface area (Å²) >= 11 is 3.49. The van der Waals surface area contributed by atoms with E-state index >= 15 is 0 Å². The topological polar surface area (TPSA) is 71.4 Å². The van der Waals surface area contributed by atoms with Crippen LogP contribution in [0, 0.1) is 0 Å². The van der Waals surface area contributed by atoms with Crippen molar-refractivity contribution in [3.8, 4) is 5.75 Å². The van der Waals surface area contributed by atoms with Gasteiger partial charge in [-0.15, -0.1) is 0 Å². The first kappa shape index (κ1) is 24.9. The first-order chi connectivity index (χ1) is 16.9. The van der Waals surface area contributed by atoms with Crippen LogP contribution in [0.5, 0.6) is 5.75 Å². The minimum absolute atomic E-state index is 0.0873. The average Bonchev–Trinajstić information content (AvgIpc) is 3.26. The molecule has 0 unspecified atom stereocenters. The van der Waals surface area contributed by atoms with E-state index in [1.807, 2.05) is 78.9 Å². The van der Waals surface area contributed by atoms with Gasteiger partial charge in [-0.25, -0.2) is 4.99 Å². The second-order valence-electron chi connectivity index (χ2n) is 8.70. The number of aliphatic hydroxyl groups excluding tert-OH is 1. The minimum Gasteiger partial charge on any atom is -0.494 e. The number of carbonyl (C=O) groups excluding carboxylic acids is 1. The van der Waals surface area contributed by atoms with Crippen molar-refractivity contribution >= 4 is 27.7 Å². The molecule has 6 nitrogen and oxygen atoms in total. The molecule has 0 fully saturated rings. The van der Waals surface area contributed by atoms with Gasteiger partial charge in [-0.3, -0.25) is 4.79 Å². The third kappa shape index (κ3) is 5.57. The molecule has 0 aliphatic carbocycles. The molecular formula is C28H29BrN2O4. The summed E-state index contributed by atoms with van der Waals surface area (Å²) in [6, 6.07) is 25.2. The molecule has 2 atom stereocenters. The summed E-state index contributed by atoms with van der Waals surface area (Å²) in [6.45, 7) is 0.529. The van der Waals surface area contributed by atoms with Crippen LogP contribution in [0.15, 0.2) is 88.3 Å². The highest BCUT2D eigenvalue weighted by atomic mass is 79.9. The fourth-order valence-corrected chi connectivity index (χ4v) is 4.46. The van der Waals surface area contributed by atoms with Gasteiger partial charge in [0.15, 0.2) is 11.6 Å². The van der Waals surface area contributed by atoms with Gasteiger partial charge >= 0.3 is 0 Å². The average molecular weight is 537 g/mol. The molecule has 0 saturated carbocycles.